The van der Waals surface area contributed by atoms with Gasteiger partial charge in [0.25, 0.3) is 0 Å². The number of halogens is 2. The van der Waals surface area contributed by atoms with Gasteiger partial charge >= 0.3 is 0 Å². The normalized spacial score (nSPS) is 11.3. The number of methoxy groups -OCH3 is 1. The Morgan fingerprint density at radius 2 is 1.91 bits per heavy atom. The molecule has 0 aliphatic rings. The lowest BCUT2D eigenvalue weighted by Crippen LogP contribution is -2.28. The lowest BCUT2D eigenvalue weighted by atomic mass is 10.3. The van der Waals surface area contributed by atoms with E-state index in [-0.39, 0.29) is 28.8 Å². The first-order valence-electron chi connectivity index (χ1n) is 6.64. The van der Waals surface area contributed by atoms with E-state index < -0.39 is 15.8 Å². The number of nitrogens with one attached hydrogen (secondary N) is 1. The van der Waals surface area contributed by atoms with Gasteiger partial charge in [-0.25, -0.2) is 17.5 Å². The maximum absolute atomic E-state index is 13.3. The van der Waals surface area contributed by atoms with Crippen LogP contribution in [0.2, 0.25) is 5.02 Å². The number of hydrogen-bond acceptors (Lipinski definition) is 4. The number of benzene rings is 2. The van der Waals surface area contributed by atoms with Crippen LogP contribution in [0.5, 0.6) is 11.5 Å². The van der Waals surface area contributed by atoms with Crippen molar-refractivity contribution < 1.29 is 22.3 Å². The van der Waals surface area contributed by atoms with Crippen molar-refractivity contribution in [1.82, 2.24) is 4.72 Å². The van der Waals surface area contributed by atoms with Crippen molar-refractivity contribution in [3.05, 3.63) is 53.3 Å². The Morgan fingerprint density at radius 3 is 2.57 bits per heavy atom. The fourth-order valence-corrected chi connectivity index (χ4v) is 3.16. The first-order chi connectivity index (χ1) is 10.9. The number of hydrogen-bond donors (Lipinski definition) is 1. The van der Waals surface area contributed by atoms with Crippen LogP contribution in [0.4, 0.5) is 4.39 Å². The molecular formula is C15H15ClFNO4S. The summed E-state index contributed by atoms with van der Waals surface area (Å²) < 4.78 is 50.1. The Labute approximate surface area is 139 Å². The summed E-state index contributed by atoms with van der Waals surface area (Å²) in [6, 6.07) is 10.0. The molecule has 0 heterocycles. The van der Waals surface area contributed by atoms with Crippen LogP contribution in [0.3, 0.4) is 0 Å². The van der Waals surface area contributed by atoms with Gasteiger partial charge in [-0.05, 0) is 30.3 Å². The summed E-state index contributed by atoms with van der Waals surface area (Å²) in [6.45, 7) is -0.0234. The molecule has 0 amide bonds. The van der Waals surface area contributed by atoms with Gasteiger partial charge in [-0.1, -0.05) is 23.7 Å². The van der Waals surface area contributed by atoms with Crippen molar-refractivity contribution >= 4 is 21.6 Å². The van der Waals surface area contributed by atoms with E-state index in [9.17, 15) is 12.8 Å². The zero-order chi connectivity index (χ0) is 16.9. The van der Waals surface area contributed by atoms with Crippen molar-refractivity contribution in [2.75, 3.05) is 20.3 Å². The minimum Gasteiger partial charge on any atom is -0.495 e. The Hall–Kier alpha value is -1.83. The summed E-state index contributed by atoms with van der Waals surface area (Å²) in [4.78, 5) is 0.00851. The van der Waals surface area contributed by atoms with Crippen LogP contribution in [-0.4, -0.2) is 28.7 Å². The predicted octanol–water partition coefficient (Wildman–Crippen LogP) is 2.85. The van der Waals surface area contributed by atoms with E-state index in [2.05, 4.69) is 4.72 Å². The van der Waals surface area contributed by atoms with Crippen molar-refractivity contribution in [1.29, 1.82) is 0 Å². The molecule has 0 aromatic heterocycles. The SMILES string of the molecule is COc1ccc(S(=O)(=O)NCCOc2ccccc2F)cc1Cl. The van der Waals surface area contributed by atoms with E-state index in [4.69, 9.17) is 21.1 Å². The van der Waals surface area contributed by atoms with Crippen LogP contribution in [0.25, 0.3) is 0 Å². The quantitative estimate of drug-likeness (QED) is 0.772. The smallest absolute Gasteiger partial charge is 0.240 e. The molecule has 0 bridgehead atoms. The van der Waals surface area contributed by atoms with E-state index in [1.54, 1.807) is 12.1 Å². The molecule has 0 saturated heterocycles. The van der Waals surface area contributed by atoms with E-state index in [0.717, 1.165) is 0 Å². The van der Waals surface area contributed by atoms with Gasteiger partial charge in [0.1, 0.15) is 12.4 Å². The molecule has 2 aromatic carbocycles. The van der Waals surface area contributed by atoms with Crippen LogP contribution in [0.15, 0.2) is 47.4 Å². The fourth-order valence-electron chi connectivity index (χ4n) is 1.80. The predicted molar refractivity (Wildman–Crippen MR) is 85.1 cm³/mol. The first kappa shape index (κ1) is 17.5. The summed E-state index contributed by atoms with van der Waals surface area (Å²) in [5.41, 5.74) is 0. The Kier molecular flexibility index (Phi) is 5.81. The largest absolute Gasteiger partial charge is 0.495 e. The maximum Gasteiger partial charge on any atom is 0.240 e. The molecule has 5 nitrogen and oxygen atoms in total. The van der Waals surface area contributed by atoms with Crippen molar-refractivity contribution in [3.63, 3.8) is 0 Å². The number of sulfonamides is 1. The van der Waals surface area contributed by atoms with E-state index in [1.165, 1.54) is 37.4 Å². The van der Waals surface area contributed by atoms with Gasteiger partial charge in [0, 0.05) is 6.54 Å². The van der Waals surface area contributed by atoms with Gasteiger partial charge in [0.2, 0.25) is 10.0 Å². The Balaban J connectivity index is 1.94. The average Bonchev–Trinajstić information content (AvgIpc) is 2.53. The van der Waals surface area contributed by atoms with E-state index in [0.29, 0.717) is 5.75 Å². The highest BCUT2D eigenvalue weighted by Crippen LogP contribution is 2.26. The minimum atomic E-state index is -3.74. The molecule has 1 N–H and O–H groups in total. The molecule has 0 fully saturated rings. The monoisotopic (exact) mass is 359 g/mol. The molecule has 0 aliphatic carbocycles. The van der Waals surface area contributed by atoms with Crippen LogP contribution in [0.1, 0.15) is 0 Å². The summed E-state index contributed by atoms with van der Waals surface area (Å²) >= 11 is 5.91. The lowest BCUT2D eigenvalue weighted by Gasteiger charge is -2.10. The van der Waals surface area contributed by atoms with Crippen LogP contribution in [0, 0.1) is 5.82 Å². The maximum atomic E-state index is 13.3. The summed E-state index contributed by atoms with van der Waals surface area (Å²) in [5.74, 6) is -0.0509. The van der Waals surface area contributed by atoms with Crippen molar-refractivity contribution in [2.24, 2.45) is 0 Å². The molecule has 0 spiro atoms. The number of ether oxygens (including phenoxy) is 2. The second-order valence-electron chi connectivity index (χ2n) is 4.47. The second-order valence-corrected chi connectivity index (χ2v) is 6.65. The molecule has 2 aromatic rings. The van der Waals surface area contributed by atoms with Crippen LogP contribution in [-0.2, 0) is 10.0 Å². The van der Waals surface area contributed by atoms with Gasteiger partial charge in [-0.15, -0.1) is 0 Å². The molecule has 0 saturated carbocycles. The zero-order valence-electron chi connectivity index (χ0n) is 12.3. The van der Waals surface area contributed by atoms with E-state index in [1.807, 2.05) is 0 Å². The highest BCUT2D eigenvalue weighted by atomic mass is 35.5. The zero-order valence-corrected chi connectivity index (χ0v) is 13.8. The summed E-state index contributed by atoms with van der Waals surface area (Å²) in [6.07, 6.45) is 0. The van der Waals surface area contributed by atoms with Gasteiger partial charge in [-0.3, -0.25) is 0 Å². The minimum absolute atomic E-state index is 0.00851. The third-order valence-electron chi connectivity index (χ3n) is 2.92. The molecule has 2 rings (SSSR count). The number of rotatable bonds is 7. The molecule has 23 heavy (non-hydrogen) atoms. The van der Waals surface area contributed by atoms with Gasteiger partial charge in [-0.2, -0.15) is 0 Å². The molecule has 0 aliphatic heterocycles. The van der Waals surface area contributed by atoms with Crippen LogP contribution >= 0.6 is 11.6 Å². The standard InChI is InChI=1S/C15H15ClFNO4S/c1-21-14-7-6-11(10-12(14)16)23(19,20)18-8-9-22-15-5-3-2-4-13(15)17/h2-7,10,18H,8-9H2,1H3. The van der Waals surface area contributed by atoms with Crippen molar-refractivity contribution in [2.45, 2.75) is 4.90 Å². The van der Waals surface area contributed by atoms with Crippen molar-refractivity contribution in [3.8, 4) is 11.5 Å². The van der Waals surface area contributed by atoms with E-state index >= 15 is 0 Å². The van der Waals surface area contributed by atoms with Crippen LogP contribution < -0.4 is 14.2 Å². The Bertz CT molecular complexity index is 783. The molecule has 0 radical (unpaired) electrons. The van der Waals surface area contributed by atoms with Gasteiger partial charge in [0.05, 0.1) is 17.0 Å². The van der Waals surface area contributed by atoms with Gasteiger partial charge < -0.3 is 9.47 Å². The summed E-state index contributed by atoms with van der Waals surface area (Å²) in [5, 5.41) is 0.193. The molecular weight excluding hydrogens is 345 g/mol. The molecule has 8 heteroatoms. The molecule has 0 unspecified atom stereocenters. The molecule has 0 atom stereocenters. The number of para-hydroxylation sites is 1. The first-order valence-corrected chi connectivity index (χ1v) is 8.50. The molecule has 124 valence electrons. The average molecular weight is 360 g/mol. The third kappa shape index (κ3) is 4.57. The summed E-state index contributed by atoms with van der Waals surface area (Å²) in [7, 11) is -2.30. The second kappa shape index (κ2) is 7.63. The van der Waals surface area contributed by atoms with Gasteiger partial charge in [0.15, 0.2) is 11.6 Å². The lowest BCUT2D eigenvalue weighted by molar-refractivity contribution is 0.306. The topological polar surface area (TPSA) is 64.6 Å². The fraction of sp³-hybridized carbons (Fsp3) is 0.200. The highest BCUT2D eigenvalue weighted by molar-refractivity contribution is 7.89. The third-order valence-corrected chi connectivity index (χ3v) is 4.68. The Morgan fingerprint density at radius 1 is 1.17 bits per heavy atom. The highest BCUT2D eigenvalue weighted by Gasteiger charge is 2.15.